The minimum atomic E-state index is -0.396. The Morgan fingerprint density at radius 1 is 1.59 bits per heavy atom. The fourth-order valence-electron chi connectivity index (χ4n) is 1.87. The Morgan fingerprint density at radius 3 is 3.00 bits per heavy atom. The van der Waals surface area contributed by atoms with Crippen LogP contribution in [0.25, 0.3) is 0 Å². The van der Waals surface area contributed by atoms with Crippen LogP contribution in [0.4, 0.5) is 11.4 Å². The molecule has 2 unspecified atom stereocenters. The second-order valence-corrected chi connectivity index (χ2v) is 4.69. The average Bonchev–Trinajstić information content (AvgIpc) is 2.70. The van der Waals surface area contributed by atoms with E-state index in [1.807, 2.05) is 6.92 Å². The minimum absolute atomic E-state index is 0.164. The van der Waals surface area contributed by atoms with Gasteiger partial charge in [0.15, 0.2) is 0 Å². The van der Waals surface area contributed by atoms with E-state index in [1.54, 1.807) is 18.2 Å². The van der Waals surface area contributed by atoms with Crippen molar-refractivity contribution in [2.45, 2.75) is 19.4 Å². The number of nitrogens with one attached hydrogen (secondary N) is 1. The third-order valence-electron chi connectivity index (χ3n) is 2.89. The van der Waals surface area contributed by atoms with Crippen LogP contribution < -0.4 is 11.1 Å². The molecule has 92 valence electrons. The highest BCUT2D eigenvalue weighted by atomic mass is 35.5. The SMILES string of the molecule is CC1CCOC1C(=O)Nc1cc(N)ccc1Cl. The molecule has 0 aromatic heterocycles. The molecule has 1 fully saturated rings. The number of hydrogen-bond acceptors (Lipinski definition) is 3. The highest BCUT2D eigenvalue weighted by Gasteiger charge is 2.31. The summed E-state index contributed by atoms with van der Waals surface area (Å²) in [6, 6.07) is 4.98. The summed E-state index contributed by atoms with van der Waals surface area (Å²) in [6.45, 7) is 2.63. The summed E-state index contributed by atoms with van der Waals surface area (Å²) in [6.07, 6.45) is 0.510. The van der Waals surface area contributed by atoms with Gasteiger partial charge in [0.2, 0.25) is 0 Å². The number of anilines is 2. The Kier molecular flexibility index (Phi) is 3.54. The Balaban J connectivity index is 2.10. The monoisotopic (exact) mass is 254 g/mol. The Morgan fingerprint density at radius 2 is 2.35 bits per heavy atom. The molecule has 0 aliphatic carbocycles. The van der Waals surface area contributed by atoms with Gasteiger partial charge in [-0.15, -0.1) is 0 Å². The number of hydrogen-bond donors (Lipinski definition) is 2. The molecule has 4 nitrogen and oxygen atoms in total. The van der Waals surface area contributed by atoms with Gasteiger partial charge in [-0.3, -0.25) is 4.79 Å². The number of nitrogens with two attached hydrogens (primary N) is 1. The second-order valence-electron chi connectivity index (χ2n) is 4.29. The first-order chi connectivity index (χ1) is 8.08. The van der Waals surface area contributed by atoms with E-state index >= 15 is 0 Å². The van der Waals surface area contributed by atoms with E-state index in [2.05, 4.69) is 5.32 Å². The molecule has 17 heavy (non-hydrogen) atoms. The lowest BCUT2D eigenvalue weighted by atomic mass is 10.0. The molecular formula is C12H15ClN2O2. The van der Waals surface area contributed by atoms with Crippen LogP contribution in [0.1, 0.15) is 13.3 Å². The van der Waals surface area contributed by atoms with Crippen LogP contribution in [-0.2, 0) is 9.53 Å². The van der Waals surface area contributed by atoms with Crippen LogP contribution in [0.15, 0.2) is 18.2 Å². The van der Waals surface area contributed by atoms with Crippen LogP contribution in [0.2, 0.25) is 5.02 Å². The maximum absolute atomic E-state index is 12.0. The fourth-order valence-corrected chi connectivity index (χ4v) is 2.04. The third kappa shape index (κ3) is 2.70. The summed E-state index contributed by atoms with van der Waals surface area (Å²) in [4.78, 5) is 12.0. The average molecular weight is 255 g/mol. The third-order valence-corrected chi connectivity index (χ3v) is 3.22. The first kappa shape index (κ1) is 12.2. The lowest BCUT2D eigenvalue weighted by molar-refractivity contribution is -0.126. The number of carbonyl (C=O) groups is 1. The quantitative estimate of drug-likeness (QED) is 0.796. The standard InChI is InChI=1S/C12H15ClN2O2/c1-7-4-5-17-11(7)12(16)15-10-6-8(14)2-3-9(10)13/h2-3,6-7,11H,4-5,14H2,1H3,(H,15,16). The minimum Gasteiger partial charge on any atom is -0.399 e. The van der Waals surface area contributed by atoms with Gasteiger partial charge in [0, 0.05) is 12.3 Å². The van der Waals surface area contributed by atoms with E-state index in [-0.39, 0.29) is 11.8 Å². The molecule has 1 aromatic carbocycles. The molecule has 1 heterocycles. The van der Waals surface area contributed by atoms with Crippen molar-refractivity contribution in [2.75, 3.05) is 17.7 Å². The van der Waals surface area contributed by atoms with Crippen molar-refractivity contribution >= 4 is 28.9 Å². The van der Waals surface area contributed by atoms with Gasteiger partial charge < -0.3 is 15.8 Å². The van der Waals surface area contributed by atoms with Crippen LogP contribution >= 0.6 is 11.6 Å². The van der Waals surface area contributed by atoms with E-state index in [4.69, 9.17) is 22.1 Å². The van der Waals surface area contributed by atoms with E-state index in [1.165, 1.54) is 0 Å². The highest BCUT2D eigenvalue weighted by molar-refractivity contribution is 6.33. The van der Waals surface area contributed by atoms with Crippen molar-refractivity contribution in [3.8, 4) is 0 Å². The summed E-state index contributed by atoms with van der Waals surface area (Å²) in [5, 5.41) is 3.22. The van der Waals surface area contributed by atoms with Crippen molar-refractivity contribution in [1.29, 1.82) is 0 Å². The first-order valence-corrected chi connectivity index (χ1v) is 5.93. The van der Waals surface area contributed by atoms with Crippen molar-refractivity contribution in [2.24, 2.45) is 5.92 Å². The van der Waals surface area contributed by atoms with Gasteiger partial charge in [-0.1, -0.05) is 18.5 Å². The van der Waals surface area contributed by atoms with E-state index in [0.717, 1.165) is 6.42 Å². The molecule has 0 radical (unpaired) electrons. The smallest absolute Gasteiger partial charge is 0.253 e. The van der Waals surface area contributed by atoms with E-state index in [0.29, 0.717) is 23.0 Å². The highest BCUT2D eigenvalue weighted by Crippen LogP contribution is 2.26. The van der Waals surface area contributed by atoms with Gasteiger partial charge in [0.25, 0.3) is 5.91 Å². The molecule has 5 heteroatoms. The second kappa shape index (κ2) is 4.94. The molecule has 2 rings (SSSR count). The molecule has 0 saturated carbocycles. The van der Waals surface area contributed by atoms with Crippen LogP contribution in [0.3, 0.4) is 0 Å². The molecule has 1 aromatic rings. The molecule has 3 N–H and O–H groups in total. The summed E-state index contributed by atoms with van der Waals surface area (Å²) in [5.41, 5.74) is 6.73. The maximum Gasteiger partial charge on any atom is 0.253 e. The normalized spacial score (nSPS) is 23.6. The fraction of sp³-hybridized carbons (Fsp3) is 0.417. The van der Waals surface area contributed by atoms with Crippen molar-refractivity contribution < 1.29 is 9.53 Å². The zero-order valence-corrected chi connectivity index (χ0v) is 10.3. The zero-order valence-electron chi connectivity index (χ0n) is 9.57. The summed E-state index contributed by atoms with van der Waals surface area (Å²) >= 11 is 5.97. The molecule has 2 atom stereocenters. The van der Waals surface area contributed by atoms with Gasteiger partial charge >= 0.3 is 0 Å². The van der Waals surface area contributed by atoms with Crippen molar-refractivity contribution in [3.05, 3.63) is 23.2 Å². The van der Waals surface area contributed by atoms with E-state index in [9.17, 15) is 4.79 Å². The van der Waals surface area contributed by atoms with Crippen molar-refractivity contribution in [1.82, 2.24) is 0 Å². The molecule has 1 aliphatic heterocycles. The molecule has 1 amide bonds. The van der Waals surface area contributed by atoms with Gasteiger partial charge in [-0.2, -0.15) is 0 Å². The van der Waals surface area contributed by atoms with Gasteiger partial charge in [0.1, 0.15) is 6.10 Å². The number of nitrogen functional groups attached to an aromatic ring is 1. The number of rotatable bonds is 2. The number of carbonyl (C=O) groups excluding carboxylic acids is 1. The van der Waals surface area contributed by atoms with Gasteiger partial charge in [-0.05, 0) is 30.5 Å². The largest absolute Gasteiger partial charge is 0.399 e. The lowest BCUT2D eigenvalue weighted by Crippen LogP contribution is -2.31. The van der Waals surface area contributed by atoms with Crippen molar-refractivity contribution in [3.63, 3.8) is 0 Å². The van der Waals surface area contributed by atoms with Crippen LogP contribution in [0.5, 0.6) is 0 Å². The summed E-state index contributed by atoms with van der Waals surface area (Å²) in [5.74, 6) is 0.0670. The molecule has 1 saturated heterocycles. The predicted octanol–water partition coefficient (Wildman–Crippen LogP) is 2.29. The predicted molar refractivity (Wildman–Crippen MR) is 68.0 cm³/mol. The van der Waals surface area contributed by atoms with Gasteiger partial charge in [-0.25, -0.2) is 0 Å². The maximum atomic E-state index is 12.0. The number of ether oxygens (including phenoxy) is 1. The molecular weight excluding hydrogens is 240 g/mol. The number of amides is 1. The van der Waals surface area contributed by atoms with E-state index < -0.39 is 6.10 Å². The Labute approximate surface area is 105 Å². The topological polar surface area (TPSA) is 64.3 Å². The first-order valence-electron chi connectivity index (χ1n) is 5.55. The molecule has 0 bridgehead atoms. The zero-order chi connectivity index (χ0) is 12.4. The van der Waals surface area contributed by atoms with Crippen LogP contribution in [0, 0.1) is 5.92 Å². The molecule has 0 spiro atoms. The lowest BCUT2D eigenvalue weighted by Gasteiger charge is -2.15. The number of benzene rings is 1. The number of halogens is 1. The Bertz CT molecular complexity index is 437. The van der Waals surface area contributed by atoms with Gasteiger partial charge in [0.05, 0.1) is 10.7 Å². The summed E-state index contributed by atoms with van der Waals surface area (Å²) < 4.78 is 5.38. The summed E-state index contributed by atoms with van der Waals surface area (Å²) in [7, 11) is 0. The Hall–Kier alpha value is -1.26. The van der Waals surface area contributed by atoms with Crippen LogP contribution in [-0.4, -0.2) is 18.6 Å². The molecule has 1 aliphatic rings.